The number of halogens is 1. The van der Waals surface area contributed by atoms with E-state index in [0.717, 1.165) is 41.3 Å². The first kappa shape index (κ1) is 17.9. The summed E-state index contributed by atoms with van der Waals surface area (Å²) in [5, 5.41) is 6.47. The Labute approximate surface area is 147 Å². The first-order valence-electron chi connectivity index (χ1n) is 7.66. The van der Waals surface area contributed by atoms with Gasteiger partial charge in [0.25, 0.3) is 5.91 Å². The van der Waals surface area contributed by atoms with Crippen LogP contribution in [0, 0.1) is 0 Å². The van der Waals surface area contributed by atoms with E-state index in [1.54, 1.807) is 11.8 Å². The van der Waals surface area contributed by atoms with Crippen molar-refractivity contribution in [2.45, 2.75) is 28.7 Å². The molecule has 2 N–H and O–H groups in total. The second-order valence-electron chi connectivity index (χ2n) is 5.43. The molecule has 2 aromatic rings. The zero-order chi connectivity index (χ0) is 15.2. The normalized spacial score (nSPS) is 17.1. The highest BCUT2D eigenvalue weighted by atomic mass is 35.5. The molecule has 0 saturated carbocycles. The van der Waals surface area contributed by atoms with Crippen LogP contribution in [0.15, 0.2) is 64.4 Å². The van der Waals surface area contributed by atoms with Gasteiger partial charge in [0.2, 0.25) is 0 Å². The lowest BCUT2D eigenvalue weighted by atomic mass is 10.1. The minimum Gasteiger partial charge on any atom is -0.348 e. The van der Waals surface area contributed by atoms with Gasteiger partial charge in [-0.05, 0) is 43.7 Å². The van der Waals surface area contributed by atoms with Crippen molar-refractivity contribution in [1.29, 1.82) is 0 Å². The minimum absolute atomic E-state index is 0. The topological polar surface area (TPSA) is 41.1 Å². The van der Waals surface area contributed by atoms with E-state index in [1.165, 1.54) is 0 Å². The van der Waals surface area contributed by atoms with Crippen molar-refractivity contribution in [3.63, 3.8) is 0 Å². The fourth-order valence-electron chi connectivity index (χ4n) is 2.60. The standard InChI is InChI=1S/C18H20N2OS.ClH/c21-18(20-14-7-6-12-19-13-14)16-10-4-5-11-17(16)22-15-8-2-1-3-9-15;/h1-5,8-11,14,19H,6-7,12-13H2,(H,20,21);1H/t14-;/m0./s1. The fraction of sp³-hybridized carbons (Fsp3) is 0.278. The highest BCUT2D eigenvalue weighted by Gasteiger charge is 2.18. The monoisotopic (exact) mass is 348 g/mol. The van der Waals surface area contributed by atoms with E-state index in [0.29, 0.717) is 0 Å². The lowest BCUT2D eigenvalue weighted by Crippen LogP contribution is -2.45. The molecule has 1 atom stereocenters. The third kappa shape index (κ3) is 4.99. The summed E-state index contributed by atoms with van der Waals surface area (Å²) in [6.45, 7) is 1.91. The number of carbonyl (C=O) groups is 1. The van der Waals surface area contributed by atoms with Crippen LogP contribution in [0.2, 0.25) is 0 Å². The summed E-state index contributed by atoms with van der Waals surface area (Å²) in [7, 11) is 0. The van der Waals surface area contributed by atoms with Gasteiger partial charge >= 0.3 is 0 Å². The lowest BCUT2D eigenvalue weighted by molar-refractivity contribution is 0.0927. The van der Waals surface area contributed by atoms with E-state index in [2.05, 4.69) is 22.8 Å². The van der Waals surface area contributed by atoms with Crippen LogP contribution >= 0.6 is 24.2 Å². The van der Waals surface area contributed by atoms with Gasteiger partial charge in [0.15, 0.2) is 0 Å². The van der Waals surface area contributed by atoms with E-state index in [-0.39, 0.29) is 24.4 Å². The number of benzene rings is 2. The van der Waals surface area contributed by atoms with Crippen LogP contribution in [0.4, 0.5) is 0 Å². The molecule has 3 rings (SSSR count). The highest BCUT2D eigenvalue weighted by Crippen LogP contribution is 2.30. The Balaban J connectivity index is 0.00000192. The van der Waals surface area contributed by atoms with Crippen molar-refractivity contribution in [2.75, 3.05) is 13.1 Å². The summed E-state index contributed by atoms with van der Waals surface area (Å²) in [6.07, 6.45) is 2.16. The number of amides is 1. The maximum absolute atomic E-state index is 12.6. The number of carbonyl (C=O) groups excluding carboxylic acids is 1. The van der Waals surface area contributed by atoms with E-state index in [4.69, 9.17) is 0 Å². The molecule has 1 saturated heterocycles. The molecule has 122 valence electrons. The predicted molar refractivity (Wildman–Crippen MR) is 97.6 cm³/mol. The molecule has 1 aliphatic rings. The summed E-state index contributed by atoms with van der Waals surface area (Å²) < 4.78 is 0. The van der Waals surface area contributed by atoms with Gasteiger partial charge in [-0.1, -0.05) is 42.1 Å². The second-order valence-corrected chi connectivity index (χ2v) is 6.54. The Morgan fingerprint density at radius 2 is 1.83 bits per heavy atom. The van der Waals surface area contributed by atoms with Crippen LogP contribution in [0.1, 0.15) is 23.2 Å². The molecule has 1 amide bonds. The largest absolute Gasteiger partial charge is 0.348 e. The molecular formula is C18H21ClN2OS. The Hall–Kier alpha value is -1.49. The van der Waals surface area contributed by atoms with Gasteiger partial charge in [0.1, 0.15) is 0 Å². The van der Waals surface area contributed by atoms with Crippen LogP contribution in [0.3, 0.4) is 0 Å². The highest BCUT2D eigenvalue weighted by molar-refractivity contribution is 7.99. The molecule has 0 aliphatic carbocycles. The van der Waals surface area contributed by atoms with Gasteiger partial charge in [0.05, 0.1) is 5.56 Å². The summed E-state index contributed by atoms with van der Waals surface area (Å²) >= 11 is 1.63. The van der Waals surface area contributed by atoms with E-state index in [1.807, 2.05) is 42.5 Å². The van der Waals surface area contributed by atoms with E-state index < -0.39 is 0 Å². The number of nitrogens with one attached hydrogen (secondary N) is 2. The molecule has 1 heterocycles. The Bertz CT molecular complexity index is 630. The Kier molecular flexibility index (Phi) is 6.96. The van der Waals surface area contributed by atoms with Gasteiger partial charge in [0, 0.05) is 22.4 Å². The van der Waals surface area contributed by atoms with Crippen LogP contribution < -0.4 is 10.6 Å². The molecule has 0 radical (unpaired) electrons. The number of piperidine rings is 1. The molecule has 0 bridgehead atoms. The van der Waals surface area contributed by atoms with E-state index in [9.17, 15) is 4.79 Å². The summed E-state index contributed by atoms with van der Waals surface area (Å²) in [6, 6.07) is 18.2. The van der Waals surface area contributed by atoms with Crippen LogP contribution in [0.25, 0.3) is 0 Å². The summed E-state index contributed by atoms with van der Waals surface area (Å²) in [5.41, 5.74) is 0.752. The average Bonchev–Trinajstić information content (AvgIpc) is 2.57. The maximum atomic E-state index is 12.6. The number of hydrogen-bond donors (Lipinski definition) is 2. The zero-order valence-electron chi connectivity index (χ0n) is 12.8. The molecule has 1 fully saturated rings. The van der Waals surface area contributed by atoms with Crippen molar-refractivity contribution in [3.05, 3.63) is 60.2 Å². The zero-order valence-corrected chi connectivity index (χ0v) is 14.5. The second kappa shape index (κ2) is 8.96. The molecule has 0 unspecified atom stereocenters. The van der Waals surface area contributed by atoms with Crippen LogP contribution in [-0.4, -0.2) is 25.0 Å². The molecule has 0 aromatic heterocycles. The fourth-order valence-corrected chi connectivity index (χ4v) is 3.56. The van der Waals surface area contributed by atoms with Gasteiger partial charge in [-0.3, -0.25) is 4.79 Å². The van der Waals surface area contributed by atoms with Crippen molar-refractivity contribution in [1.82, 2.24) is 10.6 Å². The molecule has 1 aliphatic heterocycles. The van der Waals surface area contributed by atoms with E-state index >= 15 is 0 Å². The molecule has 3 nitrogen and oxygen atoms in total. The van der Waals surface area contributed by atoms with Gasteiger partial charge in [-0.15, -0.1) is 12.4 Å². The van der Waals surface area contributed by atoms with Gasteiger partial charge < -0.3 is 10.6 Å². The molecular weight excluding hydrogens is 328 g/mol. The van der Waals surface area contributed by atoms with Crippen molar-refractivity contribution >= 4 is 30.1 Å². The third-order valence-electron chi connectivity index (χ3n) is 3.73. The Morgan fingerprint density at radius 3 is 2.57 bits per heavy atom. The third-order valence-corrected chi connectivity index (χ3v) is 4.82. The maximum Gasteiger partial charge on any atom is 0.252 e. The lowest BCUT2D eigenvalue weighted by Gasteiger charge is -2.24. The number of rotatable bonds is 4. The van der Waals surface area contributed by atoms with Crippen molar-refractivity contribution < 1.29 is 4.79 Å². The van der Waals surface area contributed by atoms with Crippen LogP contribution in [-0.2, 0) is 0 Å². The van der Waals surface area contributed by atoms with Gasteiger partial charge in [-0.25, -0.2) is 0 Å². The molecule has 0 spiro atoms. The predicted octanol–water partition coefficient (Wildman–Crippen LogP) is 3.74. The molecule has 2 aromatic carbocycles. The van der Waals surface area contributed by atoms with Crippen LogP contribution in [0.5, 0.6) is 0 Å². The SMILES string of the molecule is Cl.O=C(N[C@H]1CCCNC1)c1ccccc1Sc1ccccc1. The smallest absolute Gasteiger partial charge is 0.252 e. The molecule has 23 heavy (non-hydrogen) atoms. The Morgan fingerprint density at radius 1 is 1.09 bits per heavy atom. The van der Waals surface area contributed by atoms with Crippen molar-refractivity contribution in [2.24, 2.45) is 0 Å². The molecule has 5 heteroatoms. The quantitative estimate of drug-likeness (QED) is 0.884. The van der Waals surface area contributed by atoms with Crippen molar-refractivity contribution in [3.8, 4) is 0 Å². The first-order valence-corrected chi connectivity index (χ1v) is 8.48. The van der Waals surface area contributed by atoms with Gasteiger partial charge in [-0.2, -0.15) is 0 Å². The minimum atomic E-state index is 0. The summed E-state index contributed by atoms with van der Waals surface area (Å²) in [4.78, 5) is 14.7. The first-order chi connectivity index (χ1) is 10.8. The summed E-state index contributed by atoms with van der Waals surface area (Å²) in [5.74, 6) is 0.0210. The average molecular weight is 349 g/mol. The number of hydrogen-bond acceptors (Lipinski definition) is 3.